The molecule has 3 nitrogen and oxygen atoms in total. The molecule has 96 valence electrons. The van der Waals surface area contributed by atoms with E-state index in [1.807, 2.05) is 0 Å². The van der Waals surface area contributed by atoms with Crippen molar-refractivity contribution in [3.63, 3.8) is 0 Å². The highest BCUT2D eigenvalue weighted by atomic mass is 15.3. The molecule has 0 saturated carbocycles. The summed E-state index contributed by atoms with van der Waals surface area (Å²) in [5, 5.41) is 7.41. The zero-order chi connectivity index (χ0) is 12.1. The molecule has 0 spiro atoms. The van der Waals surface area contributed by atoms with E-state index in [0.29, 0.717) is 18.1 Å². The third kappa shape index (κ3) is 1.44. The molecule has 3 heteroatoms. The number of fused-ring (bicyclic) bond motifs is 4. The lowest BCUT2D eigenvalue weighted by Crippen LogP contribution is -2.65. The fraction of sp³-hybridized carbons (Fsp3) is 0.600. The molecule has 0 bridgehead atoms. The Morgan fingerprint density at radius 1 is 1.28 bits per heavy atom. The van der Waals surface area contributed by atoms with Crippen molar-refractivity contribution < 1.29 is 0 Å². The summed E-state index contributed by atoms with van der Waals surface area (Å²) in [6.45, 7) is 4.45. The normalized spacial score (nSPS) is 38.2. The van der Waals surface area contributed by atoms with Crippen molar-refractivity contribution in [3.05, 3.63) is 35.2 Å². The van der Waals surface area contributed by atoms with Gasteiger partial charge < -0.3 is 15.5 Å². The summed E-state index contributed by atoms with van der Waals surface area (Å²) in [5.41, 5.74) is 4.62. The lowest BCUT2D eigenvalue weighted by atomic mass is 9.87. The van der Waals surface area contributed by atoms with Crippen molar-refractivity contribution in [2.75, 3.05) is 13.1 Å². The van der Waals surface area contributed by atoms with E-state index in [1.165, 1.54) is 30.5 Å². The number of nitrogens with zero attached hydrogens (tertiary/aromatic N) is 1. The molecular weight excluding hydrogens is 222 g/mol. The first kappa shape index (κ1) is 10.8. The maximum Gasteiger partial charge on any atom is 0.0546 e. The van der Waals surface area contributed by atoms with Crippen LogP contribution >= 0.6 is 0 Å². The summed E-state index contributed by atoms with van der Waals surface area (Å²) in [6, 6.07) is 1.73. The number of rotatable bonds is 0. The molecule has 2 N–H and O–H groups in total. The zero-order valence-electron chi connectivity index (χ0n) is 10.9. The molecule has 1 saturated heterocycles. The van der Waals surface area contributed by atoms with Gasteiger partial charge in [0.05, 0.1) is 6.04 Å². The van der Waals surface area contributed by atoms with Crippen LogP contribution in [0.1, 0.15) is 26.2 Å². The third-order valence-corrected chi connectivity index (χ3v) is 4.82. The van der Waals surface area contributed by atoms with Gasteiger partial charge in [-0.05, 0) is 43.4 Å². The Morgan fingerprint density at radius 3 is 3.11 bits per heavy atom. The van der Waals surface area contributed by atoms with Gasteiger partial charge in [0.1, 0.15) is 0 Å². The van der Waals surface area contributed by atoms with Crippen molar-refractivity contribution in [1.82, 2.24) is 15.5 Å². The molecule has 1 aliphatic carbocycles. The molecular formula is C15H21N3. The van der Waals surface area contributed by atoms with Crippen LogP contribution in [0.4, 0.5) is 0 Å². The van der Waals surface area contributed by atoms with Crippen LogP contribution in [0.15, 0.2) is 35.2 Å². The second-order valence-corrected chi connectivity index (χ2v) is 5.89. The van der Waals surface area contributed by atoms with Crippen molar-refractivity contribution >= 4 is 0 Å². The van der Waals surface area contributed by atoms with E-state index >= 15 is 0 Å². The van der Waals surface area contributed by atoms with Gasteiger partial charge >= 0.3 is 0 Å². The largest absolute Gasteiger partial charge is 0.343 e. The quantitative estimate of drug-likeness (QED) is 0.675. The monoisotopic (exact) mass is 243 g/mol. The number of piperazine rings is 1. The molecule has 1 fully saturated rings. The predicted octanol–water partition coefficient (Wildman–Crippen LogP) is 1.51. The minimum Gasteiger partial charge on any atom is -0.343 e. The first-order valence-electron chi connectivity index (χ1n) is 7.16. The van der Waals surface area contributed by atoms with Crippen molar-refractivity contribution in [3.8, 4) is 0 Å². The lowest BCUT2D eigenvalue weighted by molar-refractivity contribution is 0.205. The first-order valence-corrected chi connectivity index (χ1v) is 7.16. The average molecular weight is 243 g/mol. The summed E-state index contributed by atoms with van der Waals surface area (Å²) >= 11 is 0. The Kier molecular flexibility index (Phi) is 2.39. The molecule has 3 atom stereocenters. The summed E-state index contributed by atoms with van der Waals surface area (Å²) in [6.07, 6.45) is 10.8. The minimum absolute atomic E-state index is 0.533. The smallest absolute Gasteiger partial charge is 0.0546 e. The van der Waals surface area contributed by atoms with Gasteiger partial charge in [-0.3, -0.25) is 0 Å². The van der Waals surface area contributed by atoms with Crippen LogP contribution in [-0.4, -0.2) is 36.1 Å². The van der Waals surface area contributed by atoms with E-state index in [-0.39, 0.29) is 0 Å². The molecule has 4 aliphatic rings. The zero-order valence-corrected chi connectivity index (χ0v) is 10.9. The SMILES string of the molecule is CC1=CN2C3=C(CCC=C3)C[C@H]2[C@@H]2NCCNC12. The Bertz CT molecular complexity index is 460. The highest BCUT2D eigenvalue weighted by Gasteiger charge is 2.43. The van der Waals surface area contributed by atoms with Gasteiger partial charge in [-0.25, -0.2) is 0 Å². The number of allylic oxidation sites excluding steroid dienone is 2. The highest BCUT2D eigenvalue weighted by molar-refractivity contribution is 5.40. The fourth-order valence-electron chi connectivity index (χ4n) is 3.98. The van der Waals surface area contributed by atoms with E-state index < -0.39 is 0 Å². The van der Waals surface area contributed by atoms with E-state index in [1.54, 1.807) is 5.57 Å². The number of nitrogens with one attached hydrogen (secondary N) is 2. The van der Waals surface area contributed by atoms with Crippen LogP contribution in [0.25, 0.3) is 0 Å². The van der Waals surface area contributed by atoms with Crippen LogP contribution in [0.5, 0.6) is 0 Å². The molecule has 0 aromatic heterocycles. The molecule has 18 heavy (non-hydrogen) atoms. The van der Waals surface area contributed by atoms with E-state index in [4.69, 9.17) is 0 Å². The molecule has 3 aliphatic heterocycles. The molecule has 1 unspecified atom stereocenters. The third-order valence-electron chi connectivity index (χ3n) is 4.82. The van der Waals surface area contributed by atoms with Gasteiger partial charge in [0.15, 0.2) is 0 Å². The second-order valence-electron chi connectivity index (χ2n) is 5.89. The number of hydrogen-bond acceptors (Lipinski definition) is 3. The van der Waals surface area contributed by atoms with Gasteiger partial charge in [-0.15, -0.1) is 0 Å². The van der Waals surface area contributed by atoms with Crippen molar-refractivity contribution in [1.29, 1.82) is 0 Å². The Morgan fingerprint density at radius 2 is 2.17 bits per heavy atom. The van der Waals surface area contributed by atoms with Gasteiger partial charge in [-0.2, -0.15) is 0 Å². The first-order chi connectivity index (χ1) is 8.84. The lowest BCUT2D eigenvalue weighted by Gasteiger charge is -2.45. The predicted molar refractivity (Wildman–Crippen MR) is 73.0 cm³/mol. The van der Waals surface area contributed by atoms with Gasteiger partial charge in [0, 0.05) is 37.1 Å². The summed E-state index contributed by atoms with van der Waals surface area (Å²) in [7, 11) is 0. The molecule has 0 aromatic carbocycles. The maximum absolute atomic E-state index is 3.74. The summed E-state index contributed by atoms with van der Waals surface area (Å²) in [5.74, 6) is 0. The maximum atomic E-state index is 3.74. The molecule has 0 aromatic rings. The van der Waals surface area contributed by atoms with E-state index in [0.717, 1.165) is 13.1 Å². The summed E-state index contributed by atoms with van der Waals surface area (Å²) < 4.78 is 0. The average Bonchev–Trinajstić information content (AvgIpc) is 2.78. The van der Waals surface area contributed by atoms with Crippen molar-refractivity contribution in [2.45, 2.75) is 44.3 Å². The molecule has 4 rings (SSSR count). The van der Waals surface area contributed by atoms with E-state index in [2.05, 4.69) is 40.8 Å². The Hall–Kier alpha value is -1.06. The van der Waals surface area contributed by atoms with Crippen LogP contribution in [0.2, 0.25) is 0 Å². The highest BCUT2D eigenvalue weighted by Crippen LogP contribution is 2.40. The topological polar surface area (TPSA) is 27.3 Å². The summed E-state index contributed by atoms with van der Waals surface area (Å²) in [4.78, 5) is 2.53. The Balaban J connectivity index is 1.72. The molecule has 3 heterocycles. The van der Waals surface area contributed by atoms with Crippen LogP contribution in [0.3, 0.4) is 0 Å². The standard InChI is InChI=1S/C15H21N3/c1-10-9-18-12-5-3-2-4-11(12)8-13(18)15-14(10)16-6-7-17-15/h3,5,9,13-17H,2,4,6-8H2,1H3/t13-,14?,15-/m0/s1. The Labute approximate surface area is 109 Å². The number of hydrogen-bond donors (Lipinski definition) is 2. The van der Waals surface area contributed by atoms with Crippen LogP contribution in [0, 0.1) is 0 Å². The molecule has 0 radical (unpaired) electrons. The van der Waals surface area contributed by atoms with Gasteiger partial charge in [-0.1, -0.05) is 6.08 Å². The van der Waals surface area contributed by atoms with Crippen molar-refractivity contribution in [2.24, 2.45) is 0 Å². The van der Waals surface area contributed by atoms with Crippen LogP contribution in [-0.2, 0) is 0 Å². The van der Waals surface area contributed by atoms with Gasteiger partial charge in [0.2, 0.25) is 0 Å². The van der Waals surface area contributed by atoms with E-state index in [9.17, 15) is 0 Å². The minimum atomic E-state index is 0.533. The van der Waals surface area contributed by atoms with Gasteiger partial charge in [0.25, 0.3) is 0 Å². The second kappa shape index (κ2) is 3.97. The molecule has 0 amide bonds. The van der Waals surface area contributed by atoms with Crippen LogP contribution < -0.4 is 10.6 Å². The fourth-order valence-corrected chi connectivity index (χ4v) is 3.98.